The molecule has 0 spiro atoms. The number of carboxylic acids is 1. The van der Waals surface area contributed by atoms with Crippen LogP contribution in [0.5, 0.6) is 0 Å². The summed E-state index contributed by atoms with van der Waals surface area (Å²) in [4.78, 5) is 12.2. The van der Waals surface area contributed by atoms with Crippen LogP contribution < -0.4 is 0 Å². The first kappa shape index (κ1) is 11.0. The lowest BCUT2D eigenvalue weighted by molar-refractivity contribution is -0.139. The third-order valence-corrected chi connectivity index (χ3v) is 1.56. The molecule has 0 bridgehead atoms. The molecular weight excluding hydrogens is 154 g/mol. The third kappa shape index (κ3) is 3.99. The summed E-state index contributed by atoms with van der Waals surface area (Å²) in [6.45, 7) is 6.18. The number of hydrogen-bond donors (Lipinski definition) is 1. The molecule has 0 radical (unpaired) electrons. The SMILES string of the molecule is C#CCN(CC(=O)O)C(C)(C)C. The average molecular weight is 169 g/mol. The van der Waals surface area contributed by atoms with Gasteiger partial charge in [-0.3, -0.25) is 9.69 Å². The Hall–Kier alpha value is -1.01. The molecule has 0 aliphatic carbocycles. The summed E-state index contributed by atoms with van der Waals surface area (Å²) in [6.07, 6.45) is 5.12. The monoisotopic (exact) mass is 169 g/mol. The van der Waals surface area contributed by atoms with Gasteiger partial charge in [-0.2, -0.15) is 0 Å². The van der Waals surface area contributed by atoms with Gasteiger partial charge in [-0.25, -0.2) is 0 Å². The van der Waals surface area contributed by atoms with E-state index >= 15 is 0 Å². The highest BCUT2D eigenvalue weighted by molar-refractivity contribution is 5.69. The van der Waals surface area contributed by atoms with Gasteiger partial charge in [0.2, 0.25) is 0 Å². The van der Waals surface area contributed by atoms with Gasteiger partial charge in [0, 0.05) is 5.54 Å². The molecule has 0 fully saturated rings. The highest BCUT2D eigenvalue weighted by atomic mass is 16.4. The molecule has 0 atom stereocenters. The maximum atomic E-state index is 10.4. The van der Waals surface area contributed by atoms with E-state index in [0.29, 0.717) is 6.54 Å². The van der Waals surface area contributed by atoms with Crippen molar-refractivity contribution in [2.24, 2.45) is 0 Å². The lowest BCUT2D eigenvalue weighted by Gasteiger charge is -2.32. The number of carboxylic acid groups (broad SMARTS) is 1. The summed E-state index contributed by atoms with van der Waals surface area (Å²) in [5, 5.41) is 8.56. The van der Waals surface area contributed by atoms with Crippen molar-refractivity contribution in [2.75, 3.05) is 13.1 Å². The van der Waals surface area contributed by atoms with Gasteiger partial charge in [-0.15, -0.1) is 6.42 Å². The first-order valence-corrected chi connectivity index (χ1v) is 3.78. The molecule has 3 heteroatoms. The molecule has 0 saturated heterocycles. The molecule has 0 rings (SSSR count). The second-order valence-electron chi connectivity index (χ2n) is 3.62. The zero-order chi connectivity index (χ0) is 9.78. The first-order chi connectivity index (χ1) is 5.38. The minimum Gasteiger partial charge on any atom is -0.480 e. The molecule has 3 nitrogen and oxygen atoms in total. The van der Waals surface area contributed by atoms with E-state index in [1.54, 1.807) is 4.90 Å². The Kier molecular flexibility index (Phi) is 3.78. The van der Waals surface area contributed by atoms with Crippen molar-refractivity contribution in [3.05, 3.63) is 0 Å². The summed E-state index contributed by atoms with van der Waals surface area (Å²) in [7, 11) is 0. The van der Waals surface area contributed by atoms with E-state index in [4.69, 9.17) is 11.5 Å². The number of nitrogens with zero attached hydrogens (tertiary/aromatic N) is 1. The second kappa shape index (κ2) is 4.13. The zero-order valence-electron chi connectivity index (χ0n) is 7.79. The van der Waals surface area contributed by atoms with Crippen LogP contribution >= 0.6 is 0 Å². The van der Waals surface area contributed by atoms with Crippen LogP contribution in [0, 0.1) is 12.3 Å². The Balaban J connectivity index is 4.25. The summed E-state index contributed by atoms with van der Waals surface area (Å²) >= 11 is 0. The molecule has 1 N–H and O–H groups in total. The Labute approximate surface area is 73.4 Å². The van der Waals surface area contributed by atoms with Crippen molar-refractivity contribution >= 4 is 5.97 Å². The van der Waals surface area contributed by atoms with Crippen LogP contribution in [0.4, 0.5) is 0 Å². The Bertz CT molecular complexity index is 198. The fraction of sp³-hybridized carbons (Fsp3) is 0.667. The summed E-state index contributed by atoms with van der Waals surface area (Å²) in [6, 6.07) is 0. The van der Waals surface area contributed by atoms with Crippen LogP contribution in [0.25, 0.3) is 0 Å². The van der Waals surface area contributed by atoms with Crippen LogP contribution in [0.15, 0.2) is 0 Å². The van der Waals surface area contributed by atoms with Crippen molar-refractivity contribution in [3.63, 3.8) is 0 Å². The normalized spacial score (nSPS) is 11.2. The summed E-state index contributed by atoms with van der Waals surface area (Å²) < 4.78 is 0. The van der Waals surface area contributed by atoms with E-state index in [2.05, 4.69) is 5.92 Å². The topological polar surface area (TPSA) is 40.5 Å². The largest absolute Gasteiger partial charge is 0.480 e. The molecule has 0 saturated carbocycles. The molecule has 0 aromatic heterocycles. The minimum atomic E-state index is -0.847. The van der Waals surface area contributed by atoms with Gasteiger partial charge < -0.3 is 5.11 Å². The molecule has 0 aromatic rings. The van der Waals surface area contributed by atoms with E-state index < -0.39 is 5.97 Å². The fourth-order valence-electron chi connectivity index (χ4n) is 0.804. The number of hydrogen-bond acceptors (Lipinski definition) is 2. The van der Waals surface area contributed by atoms with Gasteiger partial charge in [0.15, 0.2) is 0 Å². The number of terminal acetylenes is 1. The third-order valence-electron chi connectivity index (χ3n) is 1.56. The molecule has 0 aliphatic heterocycles. The predicted molar refractivity (Wildman–Crippen MR) is 47.8 cm³/mol. The van der Waals surface area contributed by atoms with Crippen LogP contribution in [-0.2, 0) is 4.79 Å². The van der Waals surface area contributed by atoms with Crippen LogP contribution in [0.3, 0.4) is 0 Å². The molecule has 0 heterocycles. The van der Waals surface area contributed by atoms with Gasteiger partial charge in [0.05, 0.1) is 13.1 Å². The standard InChI is InChI=1S/C9H15NO2/c1-5-6-10(7-8(11)12)9(2,3)4/h1H,6-7H2,2-4H3,(H,11,12). The van der Waals surface area contributed by atoms with Gasteiger partial charge in [-0.05, 0) is 20.8 Å². The number of rotatable bonds is 3. The van der Waals surface area contributed by atoms with E-state index in [9.17, 15) is 4.79 Å². The molecule has 0 aromatic carbocycles. The Morgan fingerprint density at radius 3 is 2.33 bits per heavy atom. The number of carbonyl (C=O) groups is 1. The van der Waals surface area contributed by atoms with E-state index in [1.165, 1.54) is 0 Å². The fourth-order valence-corrected chi connectivity index (χ4v) is 0.804. The van der Waals surface area contributed by atoms with Crippen molar-refractivity contribution < 1.29 is 9.90 Å². The predicted octanol–water partition coefficient (Wildman–Crippen LogP) is 0.805. The maximum absolute atomic E-state index is 10.4. The van der Waals surface area contributed by atoms with Crippen LogP contribution in [0.1, 0.15) is 20.8 Å². The lowest BCUT2D eigenvalue weighted by Crippen LogP contribution is -2.44. The van der Waals surface area contributed by atoms with E-state index in [1.807, 2.05) is 20.8 Å². The molecule has 0 aliphatic rings. The summed E-state index contributed by atoms with van der Waals surface area (Å²) in [5.41, 5.74) is -0.190. The molecular formula is C9H15NO2. The van der Waals surface area contributed by atoms with Gasteiger partial charge in [-0.1, -0.05) is 5.92 Å². The average Bonchev–Trinajstić information content (AvgIpc) is 1.83. The maximum Gasteiger partial charge on any atom is 0.317 e. The Morgan fingerprint density at radius 1 is 1.58 bits per heavy atom. The van der Waals surface area contributed by atoms with Gasteiger partial charge in [0.25, 0.3) is 0 Å². The highest BCUT2D eigenvalue weighted by Gasteiger charge is 2.22. The van der Waals surface area contributed by atoms with Crippen molar-refractivity contribution in [1.29, 1.82) is 0 Å². The van der Waals surface area contributed by atoms with E-state index in [0.717, 1.165) is 0 Å². The van der Waals surface area contributed by atoms with Crippen molar-refractivity contribution in [2.45, 2.75) is 26.3 Å². The zero-order valence-corrected chi connectivity index (χ0v) is 7.79. The number of aliphatic carboxylic acids is 1. The Morgan fingerprint density at radius 2 is 2.08 bits per heavy atom. The molecule has 0 unspecified atom stereocenters. The van der Waals surface area contributed by atoms with Gasteiger partial charge in [0.1, 0.15) is 0 Å². The van der Waals surface area contributed by atoms with Crippen LogP contribution in [-0.4, -0.2) is 34.6 Å². The van der Waals surface area contributed by atoms with Crippen molar-refractivity contribution in [1.82, 2.24) is 4.90 Å². The van der Waals surface area contributed by atoms with Crippen LogP contribution in [0.2, 0.25) is 0 Å². The molecule has 0 amide bonds. The minimum absolute atomic E-state index is 0.00625. The lowest BCUT2D eigenvalue weighted by atomic mass is 10.1. The molecule has 12 heavy (non-hydrogen) atoms. The first-order valence-electron chi connectivity index (χ1n) is 3.78. The smallest absolute Gasteiger partial charge is 0.317 e. The second-order valence-corrected chi connectivity index (χ2v) is 3.62. The quantitative estimate of drug-likeness (QED) is 0.635. The highest BCUT2D eigenvalue weighted by Crippen LogP contribution is 2.11. The molecule has 68 valence electrons. The van der Waals surface area contributed by atoms with E-state index in [-0.39, 0.29) is 12.1 Å². The summed E-state index contributed by atoms with van der Waals surface area (Å²) in [5.74, 6) is 1.60. The van der Waals surface area contributed by atoms with Gasteiger partial charge >= 0.3 is 5.97 Å². The van der Waals surface area contributed by atoms with Crippen molar-refractivity contribution in [3.8, 4) is 12.3 Å².